The molecule has 1 saturated heterocycles. The molecule has 6 nitrogen and oxygen atoms in total. The summed E-state index contributed by atoms with van der Waals surface area (Å²) in [6, 6.07) is 0. The second-order valence-corrected chi connectivity index (χ2v) is 4.72. The van der Waals surface area contributed by atoms with Crippen LogP contribution in [0, 0.1) is 0 Å². The predicted octanol–water partition coefficient (Wildman–Crippen LogP) is 1.84. The molecule has 1 rings (SSSR count). The van der Waals surface area contributed by atoms with Crippen molar-refractivity contribution in [2.24, 2.45) is 0 Å². The number of carboxylic acid groups (broad SMARTS) is 1. The zero-order valence-corrected chi connectivity index (χ0v) is 12.1. The summed E-state index contributed by atoms with van der Waals surface area (Å²) < 4.78 is 4.94. The Morgan fingerprint density at radius 3 is 1.61 bits per heavy atom. The Morgan fingerprint density at radius 2 is 1.50 bits per heavy atom. The van der Waals surface area contributed by atoms with Crippen molar-refractivity contribution in [1.29, 1.82) is 0 Å². The van der Waals surface area contributed by atoms with Crippen molar-refractivity contribution in [1.82, 2.24) is 4.90 Å². The summed E-state index contributed by atoms with van der Waals surface area (Å²) in [5.41, 5.74) is 0. The molecule has 0 unspecified atom stereocenters. The average molecular weight is 279 g/mol. The van der Waals surface area contributed by atoms with E-state index in [9.17, 15) is 9.59 Å². The first kappa shape index (κ1) is 19.3. The highest BCUT2D eigenvalue weighted by Crippen LogP contribution is 2.05. The SMILES string of the molecule is C1CCOC1.CC(=O)O.CC(=O)SC(=O)N(C)C. The van der Waals surface area contributed by atoms with Crippen LogP contribution in [0.15, 0.2) is 0 Å². The third-order valence-electron chi connectivity index (χ3n) is 1.42. The van der Waals surface area contributed by atoms with Gasteiger partial charge in [0.2, 0.25) is 0 Å². The standard InChI is InChI=1S/C5H9NO2S.C4H8O.C2H4O2/c1-4(7)9-5(8)6(2)3;1-2-4-5-3-1;1-2(3)4/h1-3H3;1-4H2;1H3,(H,3,4). The highest BCUT2D eigenvalue weighted by molar-refractivity contribution is 8.25. The van der Waals surface area contributed by atoms with Gasteiger partial charge < -0.3 is 14.7 Å². The van der Waals surface area contributed by atoms with E-state index in [4.69, 9.17) is 14.6 Å². The fraction of sp³-hybridized carbons (Fsp3) is 0.727. The first-order valence-corrected chi connectivity index (χ1v) is 6.26. The van der Waals surface area contributed by atoms with Crippen molar-refractivity contribution < 1.29 is 24.2 Å². The molecule has 1 aliphatic rings. The van der Waals surface area contributed by atoms with E-state index in [0.717, 1.165) is 20.1 Å². The third-order valence-corrected chi connectivity index (χ3v) is 2.25. The van der Waals surface area contributed by atoms with Gasteiger partial charge in [-0.2, -0.15) is 0 Å². The zero-order valence-electron chi connectivity index (χ0n) is 11.3. The summed E-state index contributed by atoms with van der Waals surface area (Å²) in [4.78, 5) is 31.3. The molecule has 1 fully saturated rings. The van der Waals surface area contributed by atoms with Gasteiger partial charge in [0.05, 0.1) is 0 Å². The van der Waals surface area contributed by atoms with Gasteiger partial charge in [-0.15, -0.1) is 0 Å². The molecular formula is C11H21NO5S. The molecular weight excluding hydrogens is 258 g/mol. The molecule has 0 spiro atoms. The van der Waals surface area contributed by atoms with Crippen molar-refractivity contribution in [3.63, 3.8) is 0 Å². The smallest absolute Gasteiger partial charge is 0.300 e. The Balaban J connectivity index is 0. The van der Waals surface area contributed by atoms with Crippen LogP contribution in [0.4, 0.5) is 4.79 Å². The van der Waals surface area contributed by atoms with E-state index in [-0.39, 0.29) is 10.4 Å². The molecule has 106 valence electrons. The summed E-state index contributed by atoms with van der Waals surface area (Å²) in [7, 11) is 3.22. The van der Waals surface area contributed by atoms with E-state index < -0.39 is 5.97 Å². The van der Waals surface area contributed by atoms with Crippen molar-refractivity contribution in [3.05, 3.63) is 0 Å². The predicted molar refractivity (Wildman–Crippen MR) is 70.7 cm³/mol. The number of hydrogen-bond donors (Lipinski definition) is 1. The van der Waals surface area contributed by atoms with E-state index in [1.54, 1.807) is 14.1 Å². The van der Waals surface area contributed by atoms with Crippen LogP contribution in [0.1, 0.15) is 26.7 Å². The van der Waals surface area contributed by atoms with Crippen molar-refractivity contribution in [3.8, 4) is 0 Å². The number of hydrogen-bond acceptors (Lipinski definition) is 5. The number of rotatable bonds is 0. The van der Waals surface area contributed by atoms with Crippen LogP contribution in [0.2, 0.25) is 0 Å². The number of aliphatic carboxylic acids is 1. The lowest BCUT2D eigenvalue weighted by Gasteiger charge is -2.05. The van der Waals surface area contributed by atoms with Gasteiger partial charge in [0.1, 0.15) is 0 Å². The molecule has 1 amide bonds. The Hall–Kier alpha value is -1.08. The van der Waals surface area contributed by atoms with Gasteiger partial charge in [0.15, 0.2) is 5.12 Å². The summed E-state index contributed by atoms with van der Waals surface area (Å²) in [6.45, 7) is 4.45. The van der Waals surface area contributed by atoms with E-state index in [1.807, 2.05) is 0 Å². The van der Waals surface area contributed by atoms with E-state index in [1.165, 1.54) is 24.7 Å². The first-order chi connectivity index (χ1) is 8.27. The highest BCUT2D eigenvalue weighted by Gasteiger charge is 2.06. The number of carbonyl (C=O) groups excluding carboxylic acids is 2. The molecule has 0 bridgehead atoms. The molecule has 0 aromatic heterocycles. The van der Waals surface area contributed by atoms with Crippen LogP contribution >= 0.6 is 11.8 Å². The van der Waals surface area contributed by atoms with Crippen molar-refractivity contribution >= 4 is 28.1 Å². The highest BCUT2D eigenvalue weighted by atomic mass is 32.2. The minimum absolute atomic E-state index is 0.172. The summed E-state index contributed by atoms with van der Waals surface area (Å²) in [6.07, 6.45) is 2.56. The minimum Gasteiger partial charge on any atom is -0.481 e. The summed E-state index contributed by atoms with van der Waals surface area (Å²) in [5.74, 6) is -0.833. The van der Waals surface area contributed by atoms with Gasteiger partial charge in [-0.1, -0.05) is 0 Å². The number of ether oxygens (including phenoxy) is 1. The molecule has 1 aliphatic heterocycles. The fourth-order valence-electron chi connectivity index (χ4n) is 0.725. The molecule has 1 N–H and O–H groups in total. The summed E-state index contributed by atoms with van der Waals surface area (Å²) in [5, 5.41) is 7.02. The van der Waals surface area contributed by atoms with Gasteiger partial charge in [0.25, 0.3) is 11.2 Å². The van der Waals surface area contributed by atoms with Gasteiger partial charge in [0, 0.05) is 52.9 Å². The Bertz CT molecular complexity index is 253. The molecule has 0 aliphatic carbocycles. The van der Waals surface area contributed by atoms with Crippen molar-refractivity contribution in [2.75, 3.05) is 27.3 Å². The molecule has 18 heavy (non-hydrogen) atoms. The minimum atomic E-state index is -0.833. The van der Waals surface area contributed by atoms with E-state index in [0.29, 0.717) is 11.8 Å². The molecule has 7 heteroatoms. The van der Waals surface area contributed by atoms with Crippen molar-refractivity contribution in [2.45, 2.75) is 26.7 Å². The average Bonchev–Trinajstić information content (AvgIpc) is 2.72. The number of nitrogens with zero attached hydrogens (tertiary/aromatic N) is 1. The van der Waals surface area contributed by atoms with Crippen LogP contribution in [-0.2, 0) is 14.3 Å². The molecule has 0 aromatic rings. The largest absolute Gasteiger partial charge is 0.481 e. The van der Waals surface area contributed by atoms with Crippen LogP contribution in [0.25, 0.3) is 0 Å². The van der Waals surface area contributed by atoms with Crippen LogP contribution in [-0.4, -0.2) is 53.6 Å². The zero-order chi connectivity index (χ0) is 14.6. The monoisotopic (exact) mass is 279 g/mol. The lowest BCUT2D eigenvalue weighted by Crippen LogP contribution is -2.17. The number of thioether (sulfide) groups is 1. The first-order valence-electron chi connectivity index (χ1n) is 5.44. The second kappa shape index (κ2) is 12.4. The van der Waals surface area contributed by atoms with Gasteiger partial charge >= 0.3 is 0 Å². The lowest BCUT2D eigenvalue weighted by atomic mass is 10.4. The van der Waals surface area contributed by atoms with Gasteiger partial charge in [-0.05, 0) is 12.8 Å². The van der Waals surface area contributed by atoms with E-state index in [2.05, 4.69) is 0 Å². The van der Waals surface area contributed by atoms with E-state index >= 15 is 0 Å². The molecule has 1 heterocycles. The summed E-state index contributed by atoms with van der Waals surface area (Å²) >= 11 is 0.711. The Labute approximate surface area is 112 Å². The maximum Gasteiger partial charge on any atom is 0.300 e. The number of carboxylic acids is 1. The van der Waals surface area contributed by atoms with Gasteiger partial charge in [-0.3, -0.25) is 14.4 Å². The number of amides is 1. The second-order valence-electron chi connectivity index (χ2n) is 3.59. The third kappa shape index (κ3) is 20.3. The normalized spacial score (nSPS) is 12.4. The maximum atomic E-state index is 10.6. The molecule has 0 aromatic carbocycles. The van der Waals surface area contributed by atoms with Crippen LogP contribution in [0.5, 0.6) is 0 Å². The molecule has 0 radical (unpaired) electrons. The maximum absolute atomic E-state index is 10.6. The molecule has 0 saturated carbocycles. The lowest BCUT2D eigenvalue weighted by molar-refractivity contribution is -0.134. The quantitative estimate of drug-likeness (QED) is 0.728. The molecule has 0 atom stereocenters. The Kier molecular flexibility index (Phi) is 13.2. The fourth-order valence-corrected chi connectivity index (χ4v) is 1.15. The topological polar surface area (TPSA) is 83.9 Å². The Morgan fingerprint density at radius 1 is 1.11 bits per heavy atom. The van der Waals surface area contributed by atoms with Crippen LogP contribution < -0.4 is 0 Å². The van der Waals surface area contributed by atoms with Crippen LogP contribution in [0.3, 0.4) is 0 Å². The van der Waals surface area contributed by atoms with Gasteiger partial charge in [-0.25, -0.2) is 0 Å². The number of carbonyl (C=O) groups is 3.